The summed E-state index contributed by atoms with van der Waals surface area (Å²) in [6, 6.07) is 27.3. The third-order valence-corrected chi connectivity index (χ3v) is 46.0. The molecule has 0 bridgehead atoms. The monoisotopic (exact) mass is 1930 g/mol. The third kappa shape index (κ3) is 6.70. The fraction of sp³-hybridized carbons (Fsp3) is 0.189. The number of fused-ring (bicyclic) bond motifs is 4. The van der Waals surface area contributed by atoms with Crippen LogP contribution in [0, 0.1) is 194 Å². The Labute approximate surface area is 862 Å². The first kappa shape index (κ1) is 79.1. The van der Waals surface area contributed by atoms with Crippen LogP contribution in [0.1, 0.15) is 156 Å². The molecule has 42 aromatic carbocycles. The molecule has 0 aliphatic rings. The standard InChI is InChI=1S/C124H84.C24H12.Ni/c1-29-30(2)58-34(6)42(14)64-50(22)72-76-54(26)68-46(18)38(10)62-40(12)48(20)70-56(28)78-74-52(24)66-44(16)36(8)60-32(4)31(3)59-35(7)43(15)65-51(23)73-77-55(27)69-47(19)39(11)61-37(9)45(17)67-53(25)75-71-49(21)63-41(13)33(5)57(29)79-80(58)86(64)102-94(72)110-109(93(71)101(102)85(63)79)113-97(75)105-89(67)83(61)91(69)107-99(77)115-111-95(73)103-87(65)81(59)82(60)88(66)104(103)96(74)112(111)116-100(78)108-92(70)84(62)90(68)106-98(76)114(110)120-119(113)123(117(105)107)121(115)122(116)124(120)118(106)108;1-2-14-5-6-16-9-11-18-12-10-17-8-7-15-4-3-13(1)19-20(14)22(16)24(18)23(17)21(15)19;/h1-28H3;1-12H;. The molecule has 0 fully saturated rings. The predicted molar refractivity (Wildman–Crippen MR) is 657 cm³/mol. The molecule has 0 nitrogen and oxygen atoms in total. The van der Waals surface area contributed by atoms with Gasteiger partial charge in [-0.3, -0.25) is 0 Å². The summed E-state index contributed by atoms with van der Waals surface area (Å²) in [7, 11) is 0. The van der Waals surface area contributed by atoms with Crippen LogP contribution in [-0.2, 0) is 16.5 Å². The van der Waals surface area contributed by atoms with Gasteiger partial charge in [0.05, 0.1) is 0 Å². The van der Waals surface area contributed by atoms with Gasteiger partial charge in [-0.1, -0.05) is 72.8 Å². The van der Waals surface area contributed by atoms with Crippen molar-refractivity contribution in [2.45, 2.75) is 194 Å². The van der Waals surface area contributed by atoms with Crippen molar-refractivity contribution >= 4 is 431 Å². The number of hydrogen-bond donors (Lipinski definition) is 0. The Bertz CT molecular complexity index is 12500. The smallest absolute Gasteiger partial charge is 0 e. The quantitative estimate of drug-likeness (QED) is 0.0806. The topological polar surface area (TPSA) is 0 Å². The van der Waals surface area contributed by atoms with Gasteiger partial charge in [0, 0.05) is 16.5 Å². The van der Waals surface area contributed by atoms with Crippen molar-refractivity contribution < 1.29 is 16.5 Å². The second-order valence-corrected chi connectivity index (χ2v) is 50.0. The molecule has 1 heteroatoms. The minimum Gasteiger partial charge on any atom is -0.0537 e. The van der Waals surface area contributed by atoms with E-state index in [1.165, 1.54) is 500 Å². The molecule has 0 aromatic heterocycles. The molecule has 0 unspecified atom stereocenters. The van der Waals surface area contributed by atoms with Gasteiger partial charge in [-0.25, -0.2) is 0 Å². The van der Waals surface area contributed by atoms with E-state index in [4.69, 9.17) is 0 Å². The van der Waals surface area contributed by atoms with Gasteiger partial charge in [-0.2, -0.15) is 0 Å². The van der Waals surface area contributed by atoms with Crippen molar-refractivity contribution in [3.05, 3.63) is 229 Å². The summed E-state index contributed by atoms with van der Waals surface area (Å²) in [5, 5.41) is 120. The first-order chi connectivity index (χ1) is 71.4. The van der Waals surface area contributed by atoms with E-state index in [1.54, 1.807) is 86.2 Å². The van der Waals surface area contributed by atoms with Crippen LogP contribution in [0.4, 0.5) is 0 Å². The van der Waals surface area contributed by atoms with Crippen molar-refractivity contribution in [3.8, 4) is 0 Å². The van der Waals surface area contributed by atoms with E-state index in [9.17, 15) is 0 Å². The molecular weight excluding hydrogens is 1840 g/mol. The first-order valence-electron chi connectivity index (χ1n) is 55.0. The van der Waals surface area contributed by atoms with E-state index in [1.807, 2.05) is 0 Å². The summed E-state index contributed by atoms with van der Waals surface area (Å²) in [5.74, 6) is 0. The summed E-state index contributed by atoms with van der Waals surface area (Å²) in [4.78, 5) is 0. The van der Waals surface area contributed by atoms with Gasteiger partial charge in [-0.15, -0.1) is 0 Å². The fourth-order valence-corrected chi connectivity index (χ4v) is 40.1. The van der Waals surface area contributed by atoms with Gasteiger partial charge in [0.25, 0.3) is 0 Å². The predicted octanol–water partition coefficient (Wildman–Crippen LogP) is 43.5. The maximum Gasteiger partial charge on any atom is 0 e. The molecule has 0 saturated heterocycles. The van der Waals surface area contributed by atoms with Crippen molar-refractivity contribution in [1.82, 2.24) is 0 Å². The average Bonchev–Trinajstić information content (AvgIpc) is 0.603. The van der Waals surface area contributed by atoms with Crippen LogP contribution in [0.15, 0.2) is 72.8 Å². The van der Waals surface area contributed by atoms with E-state index >= 15 is 0 Å². The zero-order chi connectivity index (χ0) is 98.8. The third-order valence-electron chi connectivity index (χ3n) is 46.0. The van der Waals surface area contributed by atoms with E-state index in [2.05, 4.69) is 267 Å². The summed E-state index contributed by atoms with van der Waals surface area (Å²) in [6.07, 6.45) is 0. The van der Waals surface area contributed by atoms with E-state index in [0.29, 0.717) is 0 Å². The molecule has 698 valence electrons. The van der Waals surface area contributed by atoms with Crippen LogP contribution in [0.25, 0.3) is 431 Å². The Balaban J connectivity index is 0.000000301. The van der Waals surface area contributed by atoms with Gasteiger partial charge in [0.1, 0.15) is 0 Å². The molecule has 0 heterocycles. The number of benzene rings is 42. The Morgan fingerprint density at radius 3 is 0.188 bits per heavy atom. The van der Waals surface area contributed by atoms with E-state index in [-0.39, 0.29) is 16.5 Å². The molecular formula is C148H96Ni. The van der Waals surface area contributed by atoms with Gasteiger partial charge in [0.15, 0.2) is 0 Å². The van der Waals surface area contributed by atoms with Crippen molar-refractivity contribution in [1.29, 1.82) is 0 Å². The summed E-state index contributed by atoms with van der Waals surface area (Å²) in [5.41, 5.74) is 40.7. The van der Waals surface area contributed by atoms with Crippen LogP contribution in [0.3, 0.4) is 0 Å². The number of hydrogen-bond acceptors (Lipinski definition) is 0. The molecule has 0 radical (unpaired) electrons. The van der Waals surface area contributed by atoms with Crippen LogP contribution in [-0.4, -0.2) is 0 Å². The summed E-state index contributed by atoms with van der Waals surface area (Å²) in [6.45, 7) is 71.8. The molecule has 0 spiro atoms. The summed E-state index contributed by atoms with van der Waals surface area (Å²) >= 11 is 0. The van der Waals surface area contributed by atoms with Gasteiger partial charge >= 0.3 is 0 Å². The molecule has 0 aliphatic heterocycles. The SMILES string of the molecule is Cc1c(C)c2c(C)c(C)c3c(C)c4c5c(C)c6c(C)c(C)c7c(C)c(C)c8c(C)c9c%10c(C)c%11c(C)c(C)c%12c(C)c(C)c%13c(C)c(C)c%14c(C)c%15c%16c(C)c%17c(C)c(C)c%18c(C)c(C)c%19c(C)c%20c%21c(C)c%22c(C)c(C)c1c1c2c3c2c4c3c(c%21c2c%221)c1c%20c2c%19c%18c%17c4c%16c%16c%17c%15c%15c%14c%13c%12c%11c%15c%10c%17c%10c9c9c8c7c6c6c5c3c3c1c(c24)c%16c%10c3c69.[Ni].c1cc2ccc3ccc4ccc5ccc6ccc1c1c2c3c4c5c61. The average molecular weight is 1930 g/mol. The first-order valence-corrected chi connectivity index (χ1v) is 55.0. The second kappa shape index (κ2) is 22.5. The maximum absolute atomic E-state index is 2.65. The number of rotatable bonds is 0. The largest absolute Gasteiger partial charge is 0.0537 e. The maximum atomic E-state index is 2.65. The van der Waals surface area contributed by atoms with Crippen LogP contribution >= 0.6 is 0 Å². The zero-order valence-corrected chi connectivity index (χ0v) is 90.2. The van der Waals surface area contributed by atoms with Crippen LogP contribution in [0.2, 0.25) is 0 Å². The Kier molecular flexibility index (Phi) is 11.9. The molecule has 0 atom stereocenters. The van der Waals surface area contributed by atoms with Gasteiger partial charge in [0.2, 0.25) is 0 Å². The van der Waals surface area contributed by atoms with E-state index in [0.717, 1.165) is 0 Å². The van der Waals surface area contributed by atoms with Gasteiger partial charge < -0.3 is 0 Å². The molecule has 0 N–H and O–H groups in total. The summed E-state index contributed by atoms with van der Waals surface area (Å²) < 4.78 is 0. The normalized spacial score (nSPS) is 14.3. The molecule has 0 amide bonds. The van der Waals surface area contributed by atoms with Gasteiger partial charge in [-0.05, 0) is 781 Å². The minimum absolute atomic E-state index is 0. The Morgan fingerprint density at radius 1 is 0.0604 bits per heavy atom. The molecule has 42 rings (SSSR count). The molecule has 149 heavy (non-hydrogen) atoms. The van der Waals surface area contributed by atoms with Crippen LogP contribution in [0.5, 0.6) is 0 Å². The molecule has 0 aliphatic carbocycles. The number of aryl methyl sites for hydroxylation is 28. The van der Waals surface area contributed by atoms with Crippen LogP contribution < -0.4 is 0 Å². The van der Waals surface area contributed by atoms with Crippen molar-refractivity contribution in [2.75, 3.05) is 0 Å². The van der Waals surface area contributed by atoms with Crippen molar-refractivity contribution in [2.24, 2.45) is 0 Å². The van der Waals surface area contributed by atoms with E-state index < -0.39 is 0 Å². The Hall–Kier alpha value is -15.1. The Morgan fingerprint density at radius 2 is 0.114 bits per heavy atom. The molecule has 0 saturated carbocycles. The zero-order valence-electron chi connectivity index (χ0n) is 89.2. The molecule has 42 aromatic rings. The minimum atomic E-state index is 0. The fourth-order valence-electron chi connectivity index (χ4n) is 40.1. The van der Waals surface area contributed by atoms with Crippen molar-refractivity contribution in [3.63, 3.8) is 0 Å². The second-order valence-electron chi connectivity index (χ2n) is 50.0.